The van der Waals surface area contributed by atoms with Gasteiger partial charge in [-0.15, -0.1) is 0 Å². The minimum Gasteiger partial charge on any atom is -0.481 e. The number of carbonyl (C=O) groups excluding carboxylic acids is 1. The summed E-state index contributed by atoms with van der Waals surface area (Å²) < 4.78 is 19.4. The van der Waals surface area contributed by atoms with E-state index in [1.165, 1.54) is 12.1 Å². The van der Waals surface area contributed by atoms with Gasteiger partial charge in [0.15, 0.2) is 0 Å². The second kappa shape index (κ2) is 8.44. The van der Waals surface area contributed by atoms with Gasteiger partial charge in [0.25, 0.3) is 0 Å². The molecule has 0 fully saturated rings. The smallest absolute Gasteiger partial charge is 0.407 e. The number of ether oxygens (including phenoxy) is 1. The average molecular weight is 396 g/mol. The van der Waals surface area contributed by atoms with Crippen molar-refractivity contribution in [1.82, 2.24) is 5.32 Å². The predicted molar refractivity (Wildman–Crippen MR) is 88.9 cm³/mol. The van der Waals surface area contributed by atoms with Crippen LogP contribution in [0.15, 0.2) is 53.0 Å². The van der Waals surface area contributed by atoms with Gasteiger partial charge in [-0.3, -0.25) is 4.79 Å². The summed E-state index contributed by atoms with van der Waals surface area (Å²) in [6.07, 6.45) is -1.28. The molecular formula is C17H15BrFNO4. The molecule has 7 heteroatoms. The fraction of sp³-hybridized carbons (Fsp3) is 0.176. The van der Waals surface area contributed by atoms with Crippen LogP contribution in [0.1, 0.15) is 23.6 Å². The van der Waals surface area contributed by atoms with Crippen LogP contribution in [0.2, 0.25) is 0 Å². The molecule has 0 aliphatic rings. The van der Waals surface area contributed by atoms with E-state index in [1.807, 2.05) is 6.07 Å². The molecule has 0 bridgehead atoms. The molecule has 0 heterocycles. The first-order valence-corrected chi connectivity index (χ1v) is 7.89. The standard InChI is InChI=1S/C17H15BrFNO4/c18-13-8-4-7-12(16(13)19)14(9-15(21)22)20-17(23)24-10-11-5-2-1-3-6-11/h1-8,14H,9-10H2,(H,20,23)(H,21,22)/t14-/m0/s1. The normalized spacial score (nSPS) is 11.6. The highest BCUT2D eigenvalue weighted by molar-refractivity contribution is 9.10. The average Bonchev–Trinajstić information content (AvgIpc) is 2.55. The van der Waals surface area contributed by atoms with E-state index >= 15 is 0 Å². The van der Waals surface area contributed by atoms with E-state index in [9.17, 15) is 14.0 Å². The number of aliphatic carboxylic acids is 1. The van der Waals surface area contributed by atoms with Crippen LogP contribution in [0.5, 0.6) is 0 Å². The number of nitrogens with one attached hydrogen (secondary N) is 1. The minimum atomic E-state index is -1.16. The van der Waals surface area contributed by atoms with Crippen molar-refractivity contribution in [3.8, 4) is 0 Å². The monoisotopic (exact) mass is 395 g/mol. The number of carbonyl (C=O) groups is 2. The second-order valence-corrected chi connectivity index (χ2v) is 5.85. The van der Waals surface area contributed by atoms with Crippen LogP contribution in [0.4, 0.5) is 9.18 Å². The first-order valence-electron chi connectivity index (χ1n) is 7.10. The number of carboxylic acids is 1. The third-order valence-corrected chi connectivity index (χ3v) is 3.85. The van der Waals surface area contributed by atoms with Crippen molar-refractivity contribution < 1.29 is 23.8 Å². The van der Waals surface area contributed by atoms with Crippen LogP contribution in [0, 0.1) is 5.82 Å². The van der Waals surface area contributed by atoms with E-state index in [-0.39, 0.29) is 16.6 Å². The van der Waals surface area contributed by atoms with E-state index in [0.717, 1.165) is 5.56 Å². The number of rotatable bonds is 6. The molecular weight excluding hydrogens is 381 g/mol. The van der Waals surface area contributed by atoms with E-state index in [1.54, 1.807) is 30.3 Å². The summed E-state index contributed by atoms with van der Waals surface area (Å²) in [7, 11) is 0. The van der Waals surface area contributed by atoms with Crippen molar-refractivity contribution >= 4 is 28.0 Å². The van der Waals surface area contributed by atoms with Gasteiger partial charge >= 0.3 is 12.1 Å². The highest BCUT2D eigenvalue weighted by Crippen LogP contribution is 2.26. The van der Waals surface area contributed by atoms with Crippen LogP contribution in [-0.2, 0) is 16.1 Å². The van der Waals surface area contributed by atoms with E-state index in [0.29, 0.717) is 0 Å². The molecule has 5 nitrogen and oxygen atoms in total. The Bertz CT molecular complexity index is 724. The quantitative estimate of drug-likeness (QED) is 0.773. The number of benzene rings is 2. The summed E-state index contributed by atoms with van der Waals surface area (Å²) in [6.45, 7) is 0.0351. The summed E-state index contributed by atoms with van der Waals surface area (Å²) in [4.78, 5) is 22.9. The summed E-state index contributed by atoms with van der Waals surface area (Å²) >= 11 is 3.04. The third kappa shape index (κ3) is 5.06. The zero-order valence-corrected chi connectivity index (χ0v) is 14.1. The molecule has 2 aromatic carbocycles. The van der Waals surface area contributed by atoms with Crippen molar-refractivity contribution in [2.75, 3.05) is 0 Å². The Hall–Kier alpha value is -2.41. The van der Waals surface area contributed by atoms with Gasteiger partial charge in [0.05, 0.1) is 16.9 Å². The molecule has 0 radical (unpaired) electrons. The SMILES string of the molecule is O=C(O)C[C@H](NC(=O)OCc1ccccc1)c1cccc(Br)c1F. The lowest BCUT2D eigenvalue weighted by atomic mass is 10.0. The van der Waals surface area contributed by atoms with Crippen molar-refractivity contribution in [3.05, 3.63) is 69.9 Å². The zero-order valence-electron chi connectivity index (χ0n) is 12.5. The maximum Gasteiger partial charge on any atom is 0.407 e. The molecule has 2 aromatic rings. The van der Waals surface area contributed by atoms with Gasteiger partial charge in [0.2, 0.25) is 0 Å². The topological polar surface area (TPSA) is 75.6 Å². The lowest BCUT2D eigenvalue weighted by molar-refractivity contribution is -0.137. The van der Waals surface area contributed by atoms with Crippen LogP contribution in [0.3, 0.4) is 0 Å². The Morgan fingerprint density at radius 2 is 1.88 bits per heavy atom. The Morgan fingerprint density at radius 1 is 1.17 bits per heavy atom. The van der Waals surface area contributed by atoms with Gasteiger partial charge in [-0.1, -0.05) is 42.5 Å². The van der Waals surface area contributed by atoms with Gasteiger partial charge < -0.3 is 15.2 Å². The van der Waals surface area contributed by atoms with Crippen LogP contribution in [0.25, 0.3) is 0 Å². The summed E-state index contributed by atoms with van der Waals surface area (Å²) in [6, 6.07) is 12.5. The summed E-state index contributed by atoms with van der Waals surface area (Å²) in [5.41, 5.74) is 0.861. The fourth-order valence-electron chi connectivity index (χ4n) is 2.11. The van der Waals surface area contributed by atoms with Gasteiger partial charge in [0.1, 0.15) is 12.4 Å². The molecule has 0 saturated heterocycles. The van der Waals surface area contributed by atoms with Gasteiger partial charge in [-0.25, -0.2) is 9.18 Å². The van der Waals surface area contributed by atoms with E-state index in [4.69, 9.17) is 9.84 Å². The molecule has 24 heavy (non-hydrogen) atoms. The third-order valence-electron chi connectivity index (χ3n) is 3.24. The zero-order chi connectivity index (χ0) is 17.5. The van der Waals surface area contributed by atoms with Crippen molar-refractivity contribution in [2.45, 2.75) is 19.1 Å². The highest BCUT2D eigenvalue weighted by atomic mass is 79.9. The van der Waals surface area contributed by atoms with Gasteiger partial charge in [-0.05, 0) is 27.6 Å². The summed E-state index contributed by atoms with van der Waals surface area (Å²) in [5.74, 6) is -1.78. The first kappa shape index (κ1) is 17.9. The Balaban J connectivity index is 2.07. The molecule has 0 saturated carbocycles. The Morgan fingerprint density at radius 3 is 2.54 bits per heavy atom. The first-order chi connectivity index (χ1) is 11.5. The molecule has 1 atom stereocenters. The molecule has 2 rings (SSSR count). The molecule has 0 unspecified atom stereocenters. The maximum absolute atomic E-state index is 14.2. The van der Waals surface area contributed by atoms with Gasteiger partial charge in [-0.2, -0.15) is 0 Å². The largest absolute Gasteiger partial charge is 0.481 e. The molecule has 126 valence electrons. The van der Waals surface area contributed by atoms with Crippen molar-refractivity contribution in [3.63, 3.8) is 0 Å². The number of hydrogen-bond acceptors (Lipinski definition) is 3. The highest BCUT2D eigenvalue weighted by Gasteiger charge is 2.22. The second-order valence-electron chi connectivity index (χ2n) is 5.00. The molecule has 0 aromatic heterocycles. The number of amides is 1. The number of carboxylic acid groups (broad SMARTS) is 1. The number of alkyl carbamates (subject to hydrolysis) is 1. The molecule has 2 N–H and O–H groups in total. The molecule has 0 aliphatic carbocycles. The lowest BCUT2D eigenvalue weighted by Crippen LogP contribution is -2.31. The number of hydrogen-bond donors (Lipinski definition) is 2. The van der Waals surface area contributed by atoms with Crippen LogP contribution in [-0.4, -0.2) is 17.2 Å². The Kier molecular flexibility index (Phi) is 6.31. The van der Waals surface area contributed by atoms with Crippen LogP contribution >= 0.6 is 15.9 Å². The molecule has 0 aliphatic heterocycles. The van der Waals surface area contributed by atoms with Crippen LogP contribution < -0.4 is 5.32 Å². The van der Waals surface area contributed by atoms with E-state index in [2.05, 4.69) is 21.2 Å². The number of halogens is 2. The summed E-state index contributed by atoms with van der Waals surface area (Å²) in [5, 5.41) is 11.4. The molecule has 0 spiro atoms. The fourth-order valence-corrected chi connectivity index (χ4v) is 2.49. The predicted octanol–water partition coefficient (Wildman–Crippen LogP) is 4.03. The Labute approximate surface area is 146 Å². The van der Waals surface area contributed by atoms with E-state index < -0.39 is 30.3 Å². The van der Waals surface area contributed by atoms with Crippen molar-refractivity contribution in [1.29, 1.82) is 0 Å². The molecule has 1 amide bonds. The van der Waals surface area contributed by atoms with Crippen molar-refractivity contribution in [2.24, 2.45) is 0 Å². The minimum absolute atomic E-state index is 0.0351. The van der Waals surface area contributed by atoms with Gasteiger partial charge in [0, 0.05) is 5.56 Å². The maximum atomic E-state index is 14.2. The lowest BCUT2D eigenvalue weighted by Gasteiger charge is -2.18.